The van der Waals surface area contributed by atoms with Crippen LogP contribution >= 0.6 is 0 Å². The Morgan fingerprint density at radius 2 is 1.90 bits per heavy atom. The number of hydrogen-bond acceptors (Lipinski definition) is 3. The van der Waals surface area contributed by atoms with Crippen LogP contribution in [-0.4, -0.2) is 32.0 Å². The van der Waals surface area contributed by atoms with Gasteiger partial charge in [0.25, 0.3) is 5.91 Å². The van der Waals surface area contributed by atoms with Crippen molar-refractivity contribution < 1.29 is 9.21 Å². The molecule has 2 rings (SSSR count). The van der Waals surface area contributed by atoms with Gasteiger partial charge in [0.2, 0.25) is 0 Å². The Morgan fingerprint density at radius 1 is 1.15 bits per heavy atom. The fraction of sp³-hybridized carbons (Fsp3) is 0.312. The monoisotopic (exact) mass is 272 g/mol. The van der Waals surface area contributed by atoms with E-state index in [1.165, 1.54) is 0 Å². The standard InChI is InChI=1S/C16H20N2O2/c1-12(15-9-6-10-20-15)18(4)16(19)13-7-5-8-14(11-13)17(2)3/h5-12H,1-4H3. The van der Waals surface area contributed by atoms with Crippen LogP contribution in [0.15, 0.2) is 47.1 Å². The van der Waals surface area contributed by atoms with Gasteiger partial charge in [0, 0.05) is 32.4 Å². The molecule has 0 radical (unpaired) electrons. The number of amides is 1. The van der Waals surface area contributed by atoms with Gasteiger partial charge in [0.05, 0.1) is 12.3 Å². The lowest BCUT2D eigenvalue weighted by atomic mass is 10.1. The van der Waals surface area contributed by atoms with Crippen LogP contribution in [0.3, 0.4) is 0 Å². The van der Waals surface area contributed by atoms with E-state index in [1.54, 1.807) is 18.2 Å². The van der Waals surface area contributed by atoms with Crippen LogP contribution in [0, 0.1) is 0 Å². The Hall–Kier alpha value is -2.23. The number of anilines is 1. The molecule has 0 spiro atoms. The average Bonchev–Trinajstić information content (AvgIpc) is 2.99. The van der Waals surface area contributed by atoms with E-state index >= 15 is 0 Å². The predicted molar refractivity (Wildman–Crippen MR) is 80.0 cm³/mol. The number of furan rings is 1. The Kier molecular flexibility index (Phi) is 4.13. The Balaban J connectivity index is 2.20. The molecule has 1 unspecified atom stereocenters. The summed E-state index contributed by atoms with van der Waals surface area (Å²) in [5.41, 5.74) is 1.69. The van der Waals surface area contributed by atoms with E-state index in [9.17, 15) is 4.79 Å². The molecule has 4 nitrogen and oxygen atoms in total. The number of benzene rings is 1. The molecule has 2 aromatic rings. The van der Waals surface area contributed by atoms with Crippen molar-refractivity contribution in [3.8, 4) is 0 Å². The van der Waals surface area contributed by atoms with Crippen molar-refractivity contribution in [3.05, 3.63) is 54.0 Å². The van der Waals surface area contributed by atoms with Crippen molar-refractivity contribution in [3.63, 3.8) is 0 Å². The van der Waals surface area contributed by atoms with Gasteiger partial charge in [-0.3, -0.25) is 4.79 Å². The highest BCUT2D eigenvalue weighted by atomic mass is 16.3. The third-order valence-electron chi connectivity index (χ3n) is 3.47. The first-order valence-electron chi connectivity index (χ1n) is 6.58. The SMILES string of the molecule is CC(c1ccco1)N(C)C(=O)c1cccc(N(C)C)c1. The van der Waals surface area contributed by atoms with Crippen molar-refractivity contribution >= 4 is 11.6 Å². The Morgan fingerprint density at radius 3 is 2.50 bits per heavy atom. The van der Waals surface area contributed by atoms with Gasteiger partial charge in [-0.15, -0.1) is 0 Å². The maximum absolute atomic E-state index is 12.5. The minimum absolute atomic E-state index is 0.0161. The van der Waals surface area contributed by atoms with Gasteiger partial charge in [-0.05, 0) is 37.3 Å². The number of carbonyl (C=O) groups excluding carboxylic acids is 1. The number of rotatable bonds is 4. The van der Waals surface area contributed by atoms with Crippen LogP contribution in [0.2, 0.25) is 0 Å². The summed E-state index contributed by atoms with van der Waals surface area (Å²) in [7, 11) is 5.70. The molecule has 0 aliphatic rings. The molecular formula is C16H20N2O2. The molecule has 0 N–H and O–H groups in total. The lowest BCUT2D eigenvalue weighted by Crippen LogP contribution is -2.29. The Labute approximate surface area is 119 Å². The third kappa shape index (κ3) is 2.85. The van der Waals surface area contributed by atoms with Gasteiger partial charge in [0.15, 0.2) is 0 Å². The number of nitrogens with zero attached hydrogens (tertiary/aromatic N) is 2. The molecule has 0 saturated heterocycles. The van der Waals surface area contributed by atoms with Gasteiger partial charge >= 0.3 is 0 Å². The highest BCUT2D eigenvalue weighted by Crippen LogP contribution is 2.22. The first-order valence-corrected chi connectivity index (χ1v) is 6.58. The van der Waals surface area contributed by atoms with Crippen LogP contribution in [0.4, 0.5) is 5.69 Å². The molecule has 1 aromatic carbocycles. The highest BCUT2D eigenvalue weighted by molar-refractivity contribution is 5.95. The summed E-state index contributed by atoms with van der Waals surface area (Å²) in [6, 6.07) is 11.2. The van der Waals surface area contributed by atoms with Crippen LogP contribution in [-0.2, 0) is 0 Å². The minimum atomic E-state index is -0.0967. The largest absolute Gasteiger partial charge is 0.467 e. The van der Waals surface area contributed by atoms with Crippen LogP contribution in [0.25, 0.3) is 0 Å². The van der Waals surface area contributed by atoms with Crippen molar-refractivity contribution in [2.75, 3.05) is 26.0 Å². The topological polar surface area (TPSA) is 36.7 Å². The number of carbonyl (C=O) groups is 1. The van der Waals surface area contributed by atoms with Crippen molar-refractivity contribution in [2.24, 2.45) is 0 Å². The second kappa shape index (κ2) is 5.82. The first kappa shape index (κ1) is 14.2. The zero-order chi connectivity index (χ0) is 14.7. The van der Waals surface area contributed by atoms with Gasteiger partial charge < -0.3 is 14.2 Å². The summed E-state index contributed by atoms with van der Waals surface area (Å²) in [6.45, 7) is 1.95. The van der Waals surface area contributed by atoms with E-state index in [4.69, 9.17) is 4.42 Å². The van der Waals surface area contributed by atoms with Crippen LogP contribution in [0.1, 0.15) is 29.1 Å². The summed E-state index contributed by atoms with van der Waals surface area (Å²) < 4.78 is 5.36. The zero-order valence-electron chi connectivity index (χ0n) is 12.3. The zero-order valence-corrected chi connectivity index (χ0v) is 12.3. The molecule has 106 valence electrons. The summed E-state index contributed by atoms with van der Waals surface area (Å²) in [6.07, 6.45) is 1.62. The van der Waals surface area contributed by atoms with Crippen molar-refractivity contribution in [1.82, 2.24) is 4.90 Å². The predicted octanol–water partition coefficient (Wildman–Crippen LogP) is 3.18. The van der Waals surface area contributed by atoms with E-state index in [0.717, 1.165) is 11.4 Å². The second-order valence-electron chi connectivity index (χ2n) is 5.05. The molecule has 1 aromatic heterocycles. The molecule has 0 fully saturated rings. The number of hydrogen-bond donors (Lipinski definition) is 0. The van der Waals surface area contributed by atoms with Gasteiger partial charge in [0.1, 0.15) is 5.76 Å². The van der Waals surface area contributed by atoms with E-state index in [1.807, 2.05) is 62.3 Å². The summed E-state index contributed by atoms with van der Waals surface area (Å²) in [5.74, 6) is 0.766. The first-order chi connectivity index (χ1) is 9.50. The van der Waals surface area contributed by atoms with Crippen molar-refractivity contribution in [2.45, 2.75) is 13.0 Å². The van der Waals surface area contributed by atoms with Gasteiger partial charge in [-0.1, -0.05) is 6.07 Å². The normalized spacial score (nSPS) is 12.0. The maximum Gasteiger partial charge on any atom is 0.254 e. The van der Waals surface area contributed by atoms with E-state index in [-0.39, 0.29) is 11.9 Å². The smallest absolute Gasteiger partial charge is 0.254 e. The summed E-state index contributed by atoms with van der Waals surface area (Å²) in [4.78, 5) is 16.2. The molecule has 0 aliphatic carbocycles. The fourth-order valence-electron chi connectivity index (χ4n) is 2.02. The molecule has 20 heavy (non-hydrogen) atoms. The molecule has 0 saturated carbocycles. The maximum atomic E-state index is 12.5. The molecule has 0 bridgehead atoms. The van der Waals surface area contributed by atoms with Crippen LogP contribution < -0.4 is 4.90 Å². The molecule has 1 heterocycles. The molecule has 0 aliphatic heterocycles. The average molecular weight is 272 g/mol. The molecular weight excluding hydrogens is 252 g/mol. The second-order valence-corrected chi connectivity index (χ2v) is 5.05. The van der Waals surface area contributed by atoms with E-state index in [0.29, 0.717) is 5.56 Å². The Bertz CT molecular complexity index is 576. The van der Waals surface area contributed by atoms with Gasteiger partial charge in [-0.2, -0.15) is 0 Å². The van der Waals surface area contributed by atoms with Gasteiger partial charge in [-0.25, -0.2) is 0 Å². The lowest BCUT2D eigenvalue weighted by molar-refractivity contribution is 0.0726. The lowest BCUT2D eigenvalue weighted by Gasteiger charge is -2.24. The van der Waals surface area contributed by atoms with Crippen molar-refractivity contribution in [1.29, 1.82) is 0 Å². The summed E-state index contributed by atoms with van der Waals surface area (Å²) in [5, 5.41) is 0. The third-order valence-corrected chi connectivity index (χ3v) is 3.47. The summed E-state index contributed by atoms with van der Waals surface area (Å²) >= 11 is 0. The molecule has 4 heteroatoms. The molecule has 1 atom stereocenters. The van der Waals surface area contributed by atoms with E-state index < -0.39 is 0 Å². The highest BCUT2D eigenvalue weighted by Gasteiger charge is 2.20. The fourth-order valence-corrected chi connectivity index (χ4v) is 2.02. The van der Waals surface area contributed by atoms with Crippen LogP contribution in [0.5, 0.6) is 0 Å². The molecule has 1 amide bonds. The minimum Gasteiger partial charge on any atom is -0.467 e. The van der Waals surface area contributed by atoms with E-state index in [2.05, 4.69) is 0 Å². The quantitative estimate of drug-likeness (QED) is 0.857.